The molecule has 124 valence electrons. The predicted molar refractivity (Wildman–Crippen MR) is 79.5 cm³/mol. The molecule has 1 heterocycles. The minimum absolute atomic E-state index is 0.285. The maximum Gasteiger partial charge on any atom is 0.471 e. The van der Waals surface area contributed by atoms with E-state index < -0.39 is 26.4 Å². The van der Waals surface area contributed by atoms with Crippen molar-refractivity contribution < 1.29 is 28.1 Å². The van der Waals surface area contributed by atoms with Gasteiger partial charge in [-0.2, -0.15) is 4.39 Å². The van der Waals surface area contributed by atoms with Gasteiger partial charge < -0.3 is 15.1 Å². The van der Waals surface area contributed by atoms with Crippen LogP contribution in [0.4, 0.5) is 10.1 Å². The Morgan fingerprint density at radius 2 is 2.17 bits per heavy atom. The van der Waals surface area contributed by atoms with Gasteiger partial charge in [0.25, 0.3) is 5.91 Å². The first-order chi connectivity index (χ1) is 10.7. The van der Waals surface area contributed by atoms with Crippen LogP contribution in [-0.2, 0) is 15.8 Å². The fraction of sp³-hybridized carbons (Fsp3) is 0.167. The molecule has 0 aliphatic heterocycles. The molecule has 0 unspecified atom stereocenters. The molecule has 2 rings (SSSR count). The summed E-state index contributed by atoms with van der Waals surface area (Å²) in [6.07, 6.45) is 0. The van der Waals surface area contributed by atoms with Crippen molar-refractivity contribution in [2.24, 2.45) is 0 Å². The summed E-state index contributed by atoms with van der Waals surface area (Å²) in [5.41, 5.74) is 0.901. The van der Waals surface area contributed by atoms with Gasteiger partial charge in [0, 0.05) is 6.07 Å². The summed E-state index contributed by atoms with van der Waals surface area (Å²) in [6, 6.07) is 5.72. The van der Waals surface area contributed by atoms with Gasteiger partial charge in [-0.3, -0.25) is 9.32 Å². The van der Waals surface area contributed by atoms with E-state index >= 15 is 0 Å². The third kappa shape index (κ3) is 4.85. The Hall–Kier alpha value is -1.77. The van der Waals surface area contributed by atoms with Crippen molar-refractivity contribution in [1.82, 2.24) is 9.78 Å². The molecule has 11 heteroatoms. The summed E-state index contributed by atoms with van der Waals surface area (Å²) >= 11 is 5.99. The quantitative estimate of drug-likeness (QED) is 0.702. The first kappa shape index (κ1) is 17.6. The molecular formula is C12H12ClFN3O5P. The lowest BCUT2D eigenvalue weighted by Crippen LogP contribution is -2.18. The highest BCUT2D eigenvalue weighted by atomic mass is 35.5. The number of rotatable bonds is 5. The largest absolute Gasteiger partial charge is 0.471 e. The van der Waals surface area contributed by atoms with E-state index in [4.69, 9.17) is 21.4 Å². The van der Waals surface area contributed by atoms with Gasteiger partial charge in [0.1, 0.15) is 5.69 Å². The number of aromatic nitrogens is 2. The number of nitrogens with zero attached hydrogens (tertiary/aromatic N) is 2. The average Bonchev–Trinajstić information content (AvgIpc) is 2.80. The van der Waals surface area contributed by atoms with Crippen molar-refractivity contribution in [1.29, 1.82) is 0 Å². The fourth-order valence-corrected chi connectivity index (χ4v) is 2.25. The monoisotopic (exact) mass is 363 g/mol. The normalized spacial score (nSPS) is 11.5. The van der Waals surface area contributed by atoms with E-state index in [0.717, 1.165) is 11.6 Å². The van der Waals surface area contributed by atoms with Crippen molar-refractivity contribution in [2.45, 2.75) is 13.7 Å². The first-order valence-electron chi connectivity index (χ1n) is 6.16. The molecule has 0 aliphatic rings. The second-order valence-electron chi connectivity index (χ2n) is 4.54. The van der Waals surface area contributed by atoms with Crippen molar-refractivity contribution in [3.05, 3.63) is 46.5 Å². The third-order valence-electron chi connectivity index (χ3n) is 2.70. The summed E-state index contributed by atoms with van der Waals surface area (Å²) in [6.45, 7) is 1.03. The summed E-state index contributed by atoms with van der Waals surface area (Å²) < 4.78 is 28.8. The van der Waals surface area contributed by atoms with Crippen LogP contribution in [0.1, 0.15) is 16.1 Å². The summed E-state index contributed by atoms with van der Waals surface area (Å²) in [7, 11) is -4.79. The van der Waals surface area contributed by atoms with Gasteiger partial charge in [0.2, 0.25) is 5.95 Å². The molecule has 0 aliphatic carbocycles. The third-order valence-corrected chi connectivity index (χ3v) is 3.47. The first-order valence-corrected chi connectivity index (χ1v) is 8.07. The Morgan fingerprint density at radius 1 is 1.48 bits per heavy atom. The highest BCUT2D eigenvalue weighted by Crippen LogP contribution is 2.36. The Labute approximate surface area is 135 Å². The van der Waals surface area contributed by atoms with Gasteiger partial charge in [-0.1, -0.05) is 17.7 Å². The lowest BCUT2D eigenvalue weighted by atomic mass is 10.2. The van der Waals surface area contributed by atoms with Crippen LogP contribution < -0.4 is 5.32 Å². The molecular weight excluding hydrogens is 352 g/mol. The van der Waals surface area contributed by atoms with Gasteiger partial charge in [-0.25, -0.2) is 9.25 Å². The zero-order valence-electron chi connectivity index (χ0n) is 11.7. The van der Waals surface area contributed by atoms with Crippen LogP contribution in [0.2, 0.25) is 5.02 Å². The van der Waals surface area contributed by atoms with E-state index in [2.05, 4.69) is 14.9 Å². The van der Waals surface area contributed by atoms with Crippen LogP contribution in [0.3, 0.4) is 0 Å². The maximum absolute atomic E-state index is 13.3. The molecule has 0 radical (unpaired) electrons. The number of hydrogen-bond acceptors (Lipinski definition) is 4. The minimum Gasteiger partial charge on any atom is -0.319 e. The Morgan fingerprint density at radius 3 is 2.78 bits per heavy atom. The highest BCUT2D eigenvalue weighted by Gasteiger charge is 2.20. The zero-order chi connectivity index (χ0) is 17.2. The van der Waals surface area contributed by atoms with Crippen LogP contribution in [0.25, 0.3) is 0 Å². The second kappa shape index (κ2) is 6.77. The van der Waals surface area contributed by atoms with Crippen LogP contribution in [0.15, 0.2) is 24.3 Å². The van der Waals surface area contributed by atoms with Gasteiger partial charge in [-0.05, 0) is 24.6 Å². The van der Waals surface area contributed by atoms with Gasteiger partial charge >= 0.3 is 7.82 Å². The highest BCUT2D eigenvalue weighted by molar-refractivity contribution is 7.46. The number of anilines is 1. The second-order valence-corrected chi connectivity index (χ2v) is 6.18. The topological polar surface area (TPSA) is 114 Å². The molecule has 1 aromatic heterocycles. The molecule has 0 saturated carbocycles. The van der Waals surface area contributed by atoms with Crippen molar-refractivity contribution in [3.8, 4) is 0 Å². The summed E-state index contributed by atoms with van der Waals surface area (Å²) in [5, 5.41) is 6.05. The standard InChI is InChI=1S/C12H12ClFN3O5P/c1-7-2-3-9(8(13)4-7)15-12(18)10-5-11(14)16-17(10)6-22-23(19,20)21/h2-5H,6H2,1H3,(H,15,18)(H2,19,20,21). The Kier molecular flexibility index (Phi) is 5.18. The number of amides is 1. The molecule has 8 nitrogen and oxygen atoms in total. The van der Waals surface area contributed by atoms with E-state index in [1.54, 1.807) is 18.2 Å². The van der Waals surface area contributed by atoms with Crippen molar-refractivity contribution in [3.63, 3.8) is 0 Å². The van der Waals surface area contributed by atoms with Crippen LogP contribution in [0.5, 0.6) is 0 Å². The molecule has 3 N–H and O–H groups in total. The molecule has 1 amide bonds. The average molecular weight is 364 g/mol. The molecule has 23 heavy (non-hydrogen) atoms. The lowest BCUT2D eigenvalue weighted by molar-refractivity contribution is 0.0987. The lowest BCUT2D eigenvalue weighted by Gasteiger charge is -2.10. The molecule has 0 atom stereocenters. The van der Waals surface area contributed by atoms with E-state index in [-0.39, 0.29) is 10.7 Å². The number of carbonyl (C=O) groups excluding carboxylic acids is 1. The molecule has 1 aromatic carbocycles. The number of phosphoric acid groups is 1. The number of benzene rings is 1. The van der Waals surface area contributed by atoms with Crippen LogP contribution in [-0.4, -0.2) is 25.5 Å². The van der Waals surface area contributed by atoms with Gasteiger partial charge in [0.05, 0.1) is 10.7 Å². The zero-order valence-corrected chi connectivity index (χ0v) is 13.4. The molecule has 0 bridgehead atoms. The maximum atomic E-state index is 13.3. The minimum atomic E-state index is -4.79. The molecule has 0 fully saturated rings. The van der Waals surface area contributed by atoms with Crippen molar-refractivity contribution in [2.75, 3.05) is 5.32 Å². The van der Waals surface area contributed by atoms with Gasteiger partial charge in [0.15, 0.2) is 6.73 Å². The van der Waals surface area contributed by atoms with E-state index in [0.29, 0.717) is 10.4 Å². The summed E-state index contributed by atoms with van der Waals surface area (Å²) in [5.74, 6) is -1.76. The number of hydrogen-bond donors (Lipinski definition) is 3. The number of aryl methyl sites for hydroxylation is 1. The number of nitrogens with one attached hydrogen (secondary N) is 1. The number of phosphoric ester groups is 1. The number of halogens is 2. The smallest absolute Gasteiger partial charge is 0.319 e. The predicted octanol–water partition coefficient (Wildman–Crippen LogP) is 2.30. The Balaban J connectivity index is 2.20. The molecule has 0 saturated heterocycles. The van der Waals surface area contributed by atoms with Gasteiger partial charge in [-0.15, -0.1) is 5.10 Å². The van der Waals surface area contributed by atoms with Crippen LogP contribution >= 0.6 is 19.4 Å². The van der Waals surface area contributed by atoms with E-state index in [1.165, 1.54) is 0 Å². The van der Waals surface area contributed by atoms with E-state index in [9.17, 15) is 13.8 Å². The Bertz CT molecular complexity index is 791. The van der Waals surface area contributed by atoms with Crippen LogP contribution in [0, 0.1) is 12.9 Å². The van der Waals surface area contributed by atoms with E-state index in [1.807, 2.05) is 6.92 Å². The summed E-state index contributed by atoms with van der Waals surface area (Å²) in [4.78, 5) is 29.5. The number of carbonyl (C=O) groups is 1. The molecule has 2 aromatic rings. The SMILES string of the molecule is Cc1ccc(NC(=O)c2cc(F)nn2COP(=O)(O)O)c(Cl)c1. The fourth-order valence-electron chi connectivity index (χ4n) is 1.70. The van der Waals surface area contributed by atoms with Crippen molar-refractivity contribution >= 4 is 31.0 Å². The molecule has 0 spiro atoms.